The Balaban J connectivity index is 1.31. The second-order valence-electron chi connectivity index (χ2n) is 6.32. The zero-order valence-electron chi connectivity index (χ0n) is 11.9. The molecule has 3 nitrogen and oxygen atoms in total. The summed E-state index contributed by atoms with van der Waals surface area (Å²) < 4.78 is 0. The molecule has 1 aliphatic carbocycles. The maximum Gasteiger partial charge on any atom is 0.0454 e. The van der Waals surface area contributed by atoms with Gasteiger partial charge in [0.2, 0.25) is 0 Å². The van der Waals surface area contributed by atoms with E-state index in [1.165, 1.54) is 55.2 Å². The van der Waals surface area contributed by atoms with Gasteiger partial charge in [-0.05, 0) is 67.9 Å². The first-order valence-corrected chi connectivity index (χ1v) is 7.92. The molecule has 2 fully saturated rings. The lowest BCUT2D eigenvalue weighted by molar-refractivity contribution is 0.189. The molecule has 0 unspecified atom stereocenters. The number of nitrogens with one attached hydrogen (secondary N) is 2. The standard InChI is InChI=1S/C17H23N3/c1-4-17-14(5-8-18-17)11-13(1)12-19-15-6-9-20(10-7-15)16-2-3-16/h1,4-5,8,11,15-16,18-19H,2-3,6-7,9-10,12H2. The van der Waals surface area contributed by atoms with Gasteiger partial charge in [-0.15, -0.1) is 0 Å². The Morgan fingerprint density at radius 1 is 1.10 bits per heavy atom. The number of hydrogen-bond donors (Lipinski definition) is 2. The maximum atomic E-state index is 3.74. The Morgan fingerprint density at radius 2 is 1.95 bits per heavy atom. The summed E-state index contributed by atoms with van der Waals surface area (Å²) in [6.45, 7) is 3.58. The fourth-order valence-electron chi connectivity index (χ4n) is 3.38. The van der Waals surface area contributed by atoms with Crippen molar-refractivity contribution in [1.29, 1.82) is 0 Å². The molecule has 106 valence electrons. The molecule has 0 atom stereocenters. The molecule has 4 rings (SSSR count). The van der Waals surface area contributed by atoms with E-state index in [0.29, 0.717) is 6.04 Å². The van der Waals surface area contributed by atoms with E-state index < -0.39 is 0 Å². The molecular weight excluding hydrogens is 246 g/mol. The predicted octanol–water partition coefficient (Wildman–Crippen LogP) is 2.88. The van der Waals surface area contributed by atoms with Crippen molar-refractivity contribution in [2.75, 3.05) is 13.1 Å². The lowest BCUT2D eigenvalue weighted by Gasteiger charge is -2.32. The molecule has 2 aromatic rings. The van der Waals surface area contributed by atoms with Crippen LogP contribution in [0.25, 0.3) is 10.9 Å². The normalized spacial score (nSPS) is 21.6. The van der Waals surface area contributed by atoms with E-state index in [-0.39, 0.29) is 0 Å². The predicted molar refractivity (Wildman–Crippen MR) is 82.8 cm³/mol. The second-order valence-corrected chi connectivity index (χ2v) is 6.32. The molecular formula is C17H23N3. The van der Waals surface area contributed by atoms with Crippen LogP contribution in [0.2, 0.25) is 0 Å². The van der Waals surface area contributed by atoms with Crippen LogP contribution in [0.3, 0.4) is 0 Å². The molecule has 1 saturated carbocycles. The Morgan fingerprint density at radius 3 is 2.75 bits per heavy atom. The van der Waals surface area contributed by atoms with Crippen molar-refractivity contribution < 1.29 is 0 Å². The minimum Gasteiger partial charge on any atom is -0.361 e. The lowest BCUT2D eigenvalue weighted by Crippen LogP contribution is -2.43. The van der Waals surface area contributed by atoms with E-state index in [1.807, 2.05) is 6.20 Å². The van der Waals surface area contributed by atoms with Crippen LogP contribution in [0, 0.1) is 0 Å². The van der Waals surface area contributed by atoms with Crippen LogP contribution >= 0.6 is 0 Å². The Hall–Kier alpha value is -1.32. The first-order chi connectivity index (χ1) is 9.88. The SMILES string of the molecule is c1cc2cc(CNC3CCN(C4CC4)CC3)ccc2[nH]1. The molecule has 20 heavy (non-hydrogen) atoms. The fourth-order valence-corrected chi connectivity index (χ4v) is 3.38. The number of fused-ring (bicyclic) bond motifs is 1. The summed E-state index contributed by atoms with van der Waals surface area (Å²) in [5.41, 5.74) is 2.62. The van der Waals surface area contributed by atoms with Gasteiger partial charge < -0.3 is 15.2 Å². The summed E-state index contributed by atoms with van der Waals surface area (Å²) in [6.07, 6.45) is 7.50. The fraction of sp³-hybridized carbons (Fsp3) is 0.529. The number of aromatic nitrogens is 1. The first kappa shape index (κ1) is 12.4. The molecule has 0 radical (unpaired) electrons. The Bertz CT molecular complexity index is 577. The molecule has 2 N–H and O–H groups in total. The molecule has 1 saturated heterocycles. The third-order valence-corrected chi connectivity index (χ3v) is 4.81. The van der Waals surface area contributed by atoms with E-state index in [2.05, 4.69) is 39.5 Å². The van der Waals surface area contributed by atoms with Crippen molar-refractivity contribution in [2.45, 2.75) is 44.3 Å². The highest BCUT2D eigenvalue weighted by Crippen LogP contribution is 2.29. The van der Waals surface area contributed by atoms with Gasteiger partial charge in [0, 0.05) is 30.3 Å². The van der Waals surface area contributed by atoms with Gasteiger partial charge in [0.15, 0.2) is 0 Å². The van der Waals surface area contributed by atoms with Crippen molar-refractivity contribution in [3.8, 4) is 0 Å². The highest BCUT2D eigenvalue weighted by molar-refractivity contribution is 5.79. The molecule has 0 amide bonds. The molecule has 1 aromatic carbocycles. The average molecular weight is 269 g/mol. The molecule has 0 bridgehead atoms. The highest BCUT2D eigenvalue weighted by atomic mass is 15.2. The molecule has 0 spiro atoms. The quantitative estimate of drug-likeness (QED) is 0.894. The van der Waals surface area contributed by atoms with E-state index in [1.54, 1.807) is 0 Å². The molecule has 1 aromatic heterocycles. The van der Waals surface area contributed by atoms with Gasteiger partial charge in [-0.2, -0.15) is 0 Å². The smallest absolute Gasteiger partial charge is 0.0454 e. The number of likely N-dealkylation sites (tertiary alicyclic amines) is 1. The summed E-state index contributed by atoms with van der Waals surface area (Å²) >= 11 is 0. The van der Waals surface area contributed by atoms with Gasteiger partial charge in [0.05, 0.1) is 0 Å². The van der Waals surface area contributed by atoms with Crippen molar-refractivity contribution >= 4 is 10.9 Å². The zero-order valence-corrected chi connectivity index (χ0v) is 11.9. The van der Waals surface area contributed by atoms with E-state index in [0.717, 1.165) is 12.6 Å². The van der Waals surface area contributed by atoms with Crippen LogP contribution in [0.1, 0.15) is 31.2 Å². The molecule has 2 aliphatic rings. The minimum absolute atomic E-state index is 0.701. The van der Waals surface area contributed by atoms with Gasteiger partial charge in [-0.25, -0.2) is 0 Å². The van der Waals surface area contributed by atoms with Crippen molar-refractivity contribution in [3.63, 3.8) is 0 Å². The summed E-state index contributed by atoms with van der Waals surface area (Å²) in [6, 6.07) is 10.5. The summed E-state index contributed by atoms with van der Waals surface area (Å²) in [5, 5.41) is 5.05. The number of H-pyrrole nitrogens is 1. The van der Waals surface area contributed by atoms with E-state index in [4.69, 9.17) is 0 Å². The average Bonchev–Trinajstić information content (AvgIpc) is 3.23. The summed E-state index contributed by atoms with van der Waals surface area (Å²) in [4.78, 5) is 5.93. The van der Waals surface area contributed by atoms with E-state index >= 15 is 0 Å². The number of benzene rings is 1. The van der Waals surface area contributed by atoms with Gasteiger partial charge in [0.1, 0.15) is 0 Å². The number of hydrogen-bond acceptors (Lipinski definition) is 2. The Kier molecular flexibility index (Phi) is 3.25. The molecule has 1 aliphatic heterocycles. The van der Waals surface area contributed by atoms with Crippen LogP contribution in [0.4, 0.5) is 0 Å². The van der Waals surface area contributed by atoms with Gasteiger partial charge in [-0.1, -0.05) is 6.07 Å². The minimum atomic E-state index is 0.701. The first-order valence-electron chi connectivity index (χ1n) is 7.92. The summed E-state index contributed by atoms with van der Waals surface area (Å²) in [7, 11) is 0. The maximum absolute atomic E-state index is 3.74. The van der Waals surface area contributed by atoms with Crippen LogP contribution in [-0.4, -0.2) is 35.1 Å². The number of rotatable bonds is 4. The number of piperidine rings is 1. The summed E-state index contributed by atoms with van der Waals surface area (Å²) in [5.74, 6) is 0. The topological polar surface area (TPSA) is 31.1 Å². The highest BCUT2D eigenvalue weighted by Gasteiger charge is 2.31. The largest absolute Gasteiger partial charge is 0.361 e. The zero-order chi connectivity index (χ0) is 13.4. The van der Waals surface area contributed by atoms with Crippen LogP contribution in [0.15, 0.2) is 30.5 Å². The third-order valence-electron chi connectivity index (χ3n) is 4.81. The van der Waals surface area contributed by atoms with Crippen molar-refractivity contribution in [2.24, 2.45) is 0 Å². The van der Waals surface area contributed by atoms with Crippen molar-refractivity contribution in [3.05, 3.63) is 36.0 Å². The molecule has 3 heteroatoms. The van der Waals surface area contributed by atoms with Gasteiger partial charge >= 0.3 is 0 Å². The van der Waals surface area contributed by atoms with Crippen LogP contribution < -0.4 is 5.32 Å². The number of nitrogens with zero attached hydrogens (tertiary/aromatic N) is 1. The third kappa shape index (κ3) is 2.60. The van der Waals surface area contributed by atoms with E-state index in [9.17, 15) is 0 Å². The van der Waals surface area contributed by atoms with Crippen molar-refractivity contribution in [1.82, 2.24) is 15.2 Å². The monoisotopic (exact) mass is 269 g/mol. The second kappa shape index (κ2) is 5.23. The van der Waals surface area contributed by atoms with Gasteiger partial charge in [-0.3, -0.25) is 0 Å². The lowest BCUT2D eigenvalue weighted by atomic mass is 10.0. The van der Waals surface area contributed by atoms with Crippen LogP contribution in [-0.2, 0) is 6.54 Å². The molecule has 2 heterocycles. The number of aromatic amines is 1. The van der Waals surface area contributed by atoms with Crippen LogP contribution in [0.5, 0.6) is 0 Å². The van der Waals surface area contributed by atoms with Gasteiger partial charge in [0.25, 0.3) is 0 Å². The Labute approximate surface area is 120 Å².